The topological polar surface area (TPSA) is 116 Å². The lowest BCUT2D eigenvalue weighted by molar-refractivity contribution is -0.129. The standard InChI is InChI=1S/C31H52N10O4/c1-6-38(18-16-37-11-7-8-12-37)30-32-26-27(29(35-30)41-17-15-36(2)25(42)23-41)33-31(40(19-21-43-3)20-22-44-4)34-28(26)39-13-9-24(45-5)10-14-39/h24H,6-23H2,1-5H3. The summed E-state index contributed by atoms with van der Waals surface area (Å²) in [6.07, 6.45) is 4.56. The zero-order valence-corrected chi connectivity index (χ0v) is 27.9. The highest BCUT2D eigenvalue weighted by atomic mass is 16.5. The minimum Gasteiger partial charge on any atom is -0.383 e. The molecule has 14 nitrogen and oxygen atoms in total. The quantitative estimate of drug-likeness (QED) is 0.283. The summed E-state index contributed by atoms with van der Waals surface area (Å²) < 4.78 is 16.6. The van der Waals surface area contributed by atoms with Gasteiger partial charge in [0.2, 0.25) is 17.8 Å². The van der Waals surface area contributed by atoms with E-state index in [1.807, 2.05) is 7.05 Å². The predicted octanol–water partition coefficient (Wildman–Crippen LogP) is 1.33. The van der Waals surface area contributed by atoms with Gasteiger partial charge in [-0.05, 0) is 45.7 Å². The maximum atomic E-state index is 13.0. The minimum atomic E-state index is 0.0638. The second kappa shape index (κ2) is 16.0. The molecule has 250 valence electrons. The van der Waals surface area contributed by atoms with Gasteiger partial charge in [-0.3, -0.25) is 4.79 Å². The molecule has 0 saturated carbocycles. The average Bonchev–Trinajstić information content (AvgIpc) is 3.59. The van der Waals surface area contributed by atoms with Gasteiger partial charge in [0.25, 0.3) is 0 Å². The molecule has 3 saturated heterocycles. The molecule has 0 bridgehead atoms. The number of aromatic nitrogens is 4. The van der Waals surface area contributed by atoms with Gasteiger partial charge in [0.05, 0.1) is 25.9 Å². The third-order valence-corrected chi connectivity index (χ3v) is 9.28. The molecular formula is C31H52N10O4. The van der Waals surface area contributed by atoms with Crippen LogP contribution in [0.25, 0.3) is 11.0 Å². The van der Waals surface area contributed by atoms with Crippen molar-refractivity contribution in [3.05, 3.63) is 0 Å². The van der Waals surface area contributed by atoms with Gasteiger partial charge in [-0.1, -0.05) is 0 Å². The molecule has 0 atom stereocenters. The Morgan fingerprint density at radius 2 is 1.36 bits per heavy atom. The maximum absolute atomic E-state index is 13.0. The summed E-state index contributed by atoms with van der Waals surface area (Å²) in [5, 5.41) is 0. The Kier molecular flexibility index (Phi) is 11.8. The van der Waals surface area contributed by atoms with E-state index in [9.17, 15) is 4.79 Å². The average molecular weight is 629 g/mol. The summed E-state index contributed by atoms with van der Waals surface area (Å²) in [5.74, 6) is 2.79. The van der Waals surface area contributed by atoms with E-state index in [0.717, 1.165) is 70.0 Å². The van der Waals surface area contributed by atoms with Crippen molar-refractivity contribution in [2.75, 3.05) is 140 Å². The molecule has 0 aliphatic carbocycles. The van der Waals surface area contributed by atoms with E-state index in [0.29, 0.717) is 62.6 Å². The number of likely N-dealkylation sites (N-methyl/N-ethyl adjacent to an activating group) is 2. The Bertz CT molecular complexity index is 1250. The first kappa shape index (κ1) is 33.3. The molecule has 0 radical (unpaired) electrons. The van der Waals surface area contributed by atoms with E-state index in [4.69, 9.17) is 34.1 Å². The van der Waals surface area contributed by atoms with Crippen LogP contribution in [0.15, 0.2) is 0 Å². The number of rotatable bonds is 15. The molecule has 45 heavy (non-hydrogen) atoms. The molecule has 0 aromatic carbocycles. The Hall–Kier alpha value is -3.07. The molecule has 1 amide bonds. The van der Waals surface area contributed by atoms with Gasteiger partial charge >= 0.3 is 0 Å². The number of fused-ring (bicyclic) bond motifs is 1. The predicted molar refractivity (Wildman–Crippen MR) is 177 cm³/mol. The number of hydrogen-bond donors (Lipinski definition) is 0. The van der Waals surface area contributed by atoms with Crippen molar-refractivity contribution in [3.63, 3.8) is 0 Å². The molecule has 5 heterocycles. The van der Waals surface area contributed by atoms with Gasteiger partial charge in [-0.25, -0.2) is 9.97 Å². The Labute approximate surface area is 267 Å². The lowest BCUT2D eigenvalue weighted by atomic mass is 10.1. The van der Waals surface area contributed by atoms with Gasteiger partial charge in [-0.2, -0.15) is 9.97 Å². The van der Waals surface area contributed by atoms with Crippen LogP contribution in [0, 0.1) is 0 Å². The molecule has 3 fully saturated rings. The monoisotopic (exact) mass is 628 g/mol. The molecule has 0 spiro atoms. The van der Waals surface area contributed by atoms with Crippen molar-refractivity contribution in [3.8, 4) is 0 Å². The number of ether oxygens (including phenoxy) is 3. The first-order valence-electron chi connectivity index (χ1n) is 16.5. The molecule has 5 rings (SSSR count). The number of anilines is 4. The number of carbonyl (C=O) groups excluding carboxylic acids is 1. The lowest BCUT2D eigenvalue weighted by Crippen LogP contribution is -2.49. The van der Waals surface area contributed by atoms with E-state index in [1.165, 1.54) is 12.8 Å². The zero-order valence-electron chi connectivity index (χ0n) is 27.9. The Morgan fingerprint density at radius 3 is 1.91 bits per heavy atom. The van der Waals surface area contributed by atoms with Crippen LogP contribution in [0.3, 0.4) is 0 Å². The van der Waals surface area contributed by atoms with Crippen LogP contribution in [0.2, 0.25) is 0 Å². The summed E-state index contributed by atoms with van der Waals surface area (Å²) in [6.45, 7) is 12.4. The molecular weight excluding hydrogens is 576 g/mol. The number of nitrogens with zero attached hydrogens (tertiary/aromatic N) is 10. The van der Waals surface area contributed by atoms with Crippen molar-refractivity contribution in [2.45, 2.75) is 38.7 Å². The second-order valence-electron chi connectivity index (χ2n) is 12.2. The van der Waals surface area contributed by atoms with E-state index in [1.54, 1.807) is 26.2 Å². The van der Waals surface area contributed by atoms with Crippen LogP contribution in [0.5, 0.6) is 0 Å². The third-order valence-electron chi connectivity index (χ3n) is 9.28. The number of carbonyl (C=O) groups is 1. The smallest absolute Gasteiger partial charge is 0.241 e. The molecule has 2 aromatic rings. The van der Waals surface area contributed by atoms with Crippen LogP contribution in [-0.4, -0.2) is 162 Å². The molecule has 0 N–H and O–H groups in total. The van der Waals surface area contributed by atoms with E-state index < -0.39 is 0 Å². The number of likely N-dealkylation sites (tertiary alicyclic amines) is 1. The van der Waals surface area contributed by atoms with Crippen LogP contribution in [0.4, 0.5) is 23.5 Å². The summed E-state index contributed by atoms with van der Waals surface area (Å²) in [6, 6.07) is 0. The fraction of sp³-hybridized carbons (Fsp3) is 0.774. The van der Waals surface area contributed by atoms with Crippen molar-refractivity contribution >= 4 is 40.5 Å². The van der Waals surface area contributed by atoms with Crippen LogP contribution < -0.4 is 19.6 Å². The van der Waals surface area contributed by atoms with Gasteiger partial charge in [0.15, 0.2) is 11.6 Å². The van der Waals surface area contributed by atoms with E-state index in [2.05, 4.69) is 31.4 Å². The SMILES string of the molecule is CCN(CCN1CCCC1)c1nc(N2CCN(C)C(=O)C2)c2nc(N(CCOC)CCOC)nc(N3CCC(OC)CC3)c2n1. The number of piperidine rings is 1. The van der Waals surface area contributed by atoms with Crippen LogP contribution in [-0.2, 0) is 19.0 Å². The molecule has 2 aromatic heterocycles. The fourth-order valence-corrected chi connectivity index (χ4v) is 6.31. The molecule has 14 heteroatoms. The van der Waals surface area contributed by atoms with Gasteiger partial charge in [0.1, 0.15) is 11.0 Å². The van der Waals surface area contributed by atoms with Crippen molar-refractivity contribution < 1.29 is 19.0 Å². The van der Waals surface area contributed by atoms with Gasteiger partial charge in [0, 0.05) is 87.3 Å². The molecule has 3 aliphatic heterocycles. The Balaban J connectivity index is 1.64. The Morgan fingerprint density at radius 1 is 0.756 bits per heavy atom. The summed E-state index contributed by atoms with van der Waals surface area (Å²) in [5.41, 5.74) is 1.39. The first-order chi connectivity index (χ1) is 21.9. The van der Waals surface area contributed by atoms with Gasteiger partial charge < -0.3 is 43.6 Å². The highest BCUT2D eigenvalue weighted by Crippen LogP contribution is 2.34. The van der Waals surface area contributed by atoms with Crippen LogP contribution >= 0.6 is 0 Å². The van der Waals surface area contributed by atoms with E-state index >= 15 is 0 Å². The summed E-state index contributed by atoms with van der Waals surface area (Å²) in [7, 11) is 7.03. The van der Waals surface area contributed by atoms with Crippen molar-refractivity contribution in [1.82, 2.24) is 29.7 Å². The normalized spacial score (nSPS) is 18.4. The second-order valence-corrected chi connectivity index (χ2v) is 12.2. The lowest BCUT2D eigenvalue weighted by Gasteiger charge is -2.35. The highest BCUT2D eigenvalue weighted by Gasteiger charge is 2.30. The zero-order chi connectivity index (χ0) is 31.8. The fourth-order valence-electron chi connectivity index (χ4n) is 6.31. The number of amides is 1. The first-order valence-corrected chi connectivity index (χ1v) is 16.5. The van der Waals surface area contributed by atoms with E-state index in [-0.39, 0.29) is 18.6 Å². The van der Waals surface area contributed by atoms with Gasteiger partial charge in [-0.15, -0.1) is 0 Å². The summed E-state index contributed by atoms with van der Waals surface area (Å²) in [4.78, 5) is 46.8. The molecule has 3 aliphatic rings. The maximum Gasteiger partial charge on any atom is 0.241 e. The number of hydrogen-bond acceptors (Lipinski definition) is 13. The number of piperazine rings is 1. The minimum absolute atomic E-state index is 0.0638. The highest BCUT2D eigenvalue weighted by molar-refractivity contribution is 5.96. The van der Waals surface area contributed by atoms with Crippen molar-refractivity contribution in [2.24, 2.45) is 0 Å². The summed E-state index contributed by atoms with van der Waals surface area (Å²) >= 11 is 0. The largest absolute Gasteiger partial charge is 0.383 e. The molecule has 0 unspecified atom stereocenters. The third kappa shape index (κ3) is 8.02. The number of methoxy groups -OCH3 is 3. The van der Waals surface area contributed by atoms with Crippen molar-refractivity contribution in [1.29, 1.82) is 0 Å². The van der Waals surface area contributed by atoms with Crippen LogP contribution in [0.1, 0.15) is 32.6 Å².